The van der Waals surface area contributed by atoms with Crippen LogP contribution in [0.2, 0.25) is 0 Å². The van der Waals surface area contributed by atoms with Crippen LogP contribution < -0.4 is 5.32 Å². The molecule has 124 valence electrons. The van der Waals surface area contributed by atoms with Crippen molar-refractivity contribution in [2.45, 2.75) is 13.8 Å². The van der Waals surface area contributed by atoms with E-state index in [-0.39, 0.29) is 12.4 Å². The lowest BCUT2D eigenvalue weighted by atomic mass is 10.1. The Labute approximate surface area is 140 Å². The Morgan fingerprint density at radius 3 is 2.08 bits per heavy atom. The van der Waals surface area contributed by atoms with Gasteiger partial charge in [-0.1, -0.05) is 48.5 Å². The zero-order valence-corrected chi connectivity index (χ0v) is 13.6. The fraction of sp³-hybridized carbons (Fsp3) is 0.158. The largest absolute Gasteiger partial charge is 0.460 e. The summed E-state index contributed by atoms with van der Waals surface area (Å²) in [5, 5.41) is 3.14. The van der Waals surface area contributed by atoms with Crippen LogP contribution in [0.25, 0.3) is 5.70 Å². The number of carbonyl (C=O) groups is 2. The van der Waals surface area contributed by atoms with Crippen LogP contribution in [0.4, 0.5) is 5.69 Å². The van der Waals surface area contributed by atoms with E-state index < -0.39 is 11.9 Å². The van der Waals surface area contributed by atoms with Crippen molar-refractivity contribution in [1.29, 1.82) is 0 Å². The first-order valence-electron chi connectivity index (χ1n) is 7.59. The number of carbonyl (C=O) groups excluding carboxylic acids is 2. The molecule has 0 fully saturated rings. The second kappa shape index (κ2) is 8.53. The fourth-order valence-electron chi connectivity index (χ4n) is 2.07. The Balaban J connectivity index is 2.54. The van der Waals surface area contributed by atoms with Gasteiger partial charge in [0.1, 0.15) is 0 Å². The zero-order chi connectivity index (χ0) is 17.4. The molecule has 0 saturated carbocycles. The van der Waals surface area contributed by atoms with Crippen molar-refractivity contribution in [1.82, 2.24) is 0 Å². The molecule has 0 spiro atoms. The lowest BCUT2D eigenvalue weighted by Gasteiger charge is -2.16. The number of nitrogens with one attached hydrogen (secondary N) is 1. The van der Waals surface area contributed by atoms with Gasteiger partial charge < -0.3 is 14.8 Å². The topological polar surface area (TPSA) is 64.6 Å². The summed E-state index contributed by atoms with van der Waals surface area (Å²) >= 11 is 0. The predicted octanol–water partition coefficient (Wildman–Crippen LogP) is 3.59. The molecule has 0 aliphatic carbocycles. The molecule has 24 heavy (non-hydrogen) atoms. The first kappa shape index (κ1) is 17.3. The Bertz CT molecular complexity index is 724. The molecular weight excluding hydrogens is 306 g/mol. The Morgan fingerprint density at radius 1 is 0.958 bits per heavy atom. The molecule has 0 amide bonds. The van der Waals surface area contributed by atoms with Crippen LogP contribution in [-0.2, 0) is 19.1 Å². The number of hydrogen-bond donors (Lipinski definition) is 1. The van der Waals surface area contributed by atoms with Gasteiger partial charge in [0.2, 0.25) is 5.76 Å². The van der Waals surface area contributed by atoms with Crippen LogP contribution in [0.15, 0.2) is 66.4 Å². The maximum absolute atomic E-state index is 12.3. The Hall–Kier alpha value is -3.08. The minimum Gasteiger partial charge on any atom is -0.460 e. The normalized spacial score (nSPS) is 11.2. The van der Waals surface area contributed by atoms with Crippen molar-refractivity contribution in [2.24, 2.45) is 0 Å². The molecule has 2 aromatic carbocycles. The van der Waals surface area contributed by atoms with Crippen LogP contribution in [0, 0.1) is 0 Å². The van der Waals surface area contributed by atoms with Crippen molar-refractivity contribution >= 4 is 23.3 Å². The van der Waals surface area contributed by atoms with E-state index in [2.05, 4.69) is 5.32 Å². The lowest BCUT2D eigenvalue weighted by molar-refractivity contribution is -0.149. The van der Waals surface area contributed by atoms with E-state index in [1.165, 1.54) is 6.92 Å². The average Bonchev–Trinajstić information content (AvgIpc) is 2.59. The van der Waals surface area contributed by atoms with Gasteiger partial charge in [0.05, 0.1) is 12.3 Å². The molecule has 2 rings (SSSR count). The summed E-state index contributed by atoms with van der Waals surface area (Å²) in [5.74, 6) is -1.46. The minimum atomic E-state index is -0.699. The SMILES string of the molecule is CCOC(=O)/C(OC(C)=O)=C(\Nc1ccccc1)c1ccccc1. The first-order valence-corrected chi connectivity index (χ1v) is 7.59. The molecule has 0 bridgehead atoms. The summed E-state index contributed by atoms with van der Waals surface area (Å²) in [6.45, 7) is 3.11. The highest BCUT2D eigenvalue weighted by atomic mass is 16.6. The maximum atomic E-state index is 12.3. The molecule has 0 unspecified atom stereocenters. The van der Waals surface area contributed by atoms with E-state index in [9.17, 15) is 9.59 Å². The van der Waals surface area contributed by atoms with E-state index >= 15 is 0 Å². The Kier molecular flexibility index (Phi) is 6.14. The van der Waals surface area contributed by atoms with Gasteiger partial charge in [-0.05, 0) is 19.1 Å². The van der Waals surface area contributed by atoms with Crippen LogP contribution in [0.3, 0.4) is 0 Å². The molecule has 5 heteroatoms. The van der Waals surface area contributed by atoms with E-state index in [1.807, 2.05) is 60.7 Å². The smallest absolute Gasteiger partial charge is 0.376 e. The number of para-hydroxylation sites is 1. The van der Waals surface area contributed by atoms with Gasteiger partial charge in [0.15, 0.2) is 0 Å². The average molecular weight is 325 g/mol. The summed E-state index contributed by atoms with van der Waals surface area (Å²) in [5.41, 5.74) is 1.83. The van der Waals surface area contributed by atoms with Gasteiger partial charge in [-0.15, -0.1) is 0 Å². The fourth-order valence-corrected chi connectivity index (χ4v) is 2.07. The number of rotatable bonds is 6. The van der Waals surface area contributed by atoms with Crippen LogP contribution >= 0.6 is 0 Å². The van der Waals surface area contributed by atoms with E-state index in [0.717, 1.165) is 5.69 Å². The van der Waals surface area contributed by atoms with Crippen molar-refractivity contribution in [3.8, 4) is 0 Å². The molecule has 0 saturated heterocycles. The third-order valence-corrected chi connectivity index (χ3v) is 3.04. The molecule has 1 N–H and O–H groups in total. The van der Waals surface area contributed by atoms with Crippen molar-refractivity contribution in [3.63, 3.8) is 0 Å². The second-order valence-electron chi connectivity index (χ2n) is 4.88. The van der Waals surface area contributed by atoms with E-state index in [1.54, 1.807) is 6.92 Å². The number of anilines is 1. The summed E-state index contributed by atoms with van der Waals surface area (Å²) in [4.78, 5) is 23.7. The first-order chi connectivity index (χ1) is 11.6. The minimum absolute atomic E-state index is 0.167. The summed E-state index contributed by atoms with van der Waals surface area (Å²) in [6.07, 6.45) is 0. The lowest BCUT2D eigenvalue weighted by Crippen LogP contribution is -2.18. The number of benzene rings is 2. The van der Waals surface area contributed by atoms with Gasteiger partial charge in [0, 0.05) is 18.2 Å². The molecule has 0 aromatic heterocycles. The van der Waals surface area contributed by atoms with Gasteiger partial charge >= 0.3 is 11.9 Å². The molecule has 0 heterocycles. The standard InChI is InChI=1S/C19H19NO4/c1-3-23-19(22)18(24-14(2)21)17(15-10-6-4-7-11-15)20-16-12-8-5-9-13-16/h4-13,20H,3H2,1-2H3/b18-17+. The van der Waals surface area contributed by atoms with Gasteiger partial charge in [-0.3, -0.25) is 4.79 Å². The molecule has 2 aromatic rings. The van der Waals surface area contributed by atoms with Crippen molar-refractivity contribution in [3.05, 3.63) is 72.0 Å². The highest BCUT2D eigenvalue weighted by Gasteiger charge is 2.22. The molecule has 0 aliphatic heterocycles. The summed E-state index contributed by atoms with van der Waals surface area (Å²) in [7, 11) is 0. The quantitative estimate of drug-likeness (QED) is 0.499. The molecular formula is C19H19NO4. The Morgan fingerprint density at radius 2 is 1.54 bits per heavy atom. The predicted molar refractivity (Wildman–Crippen MR) is 91.8 cm³/mol. The third-order valence-electron chi connectivity index (χ3n) is 3.04. The van der Waals surface area contributed by atoms with Crippen LogP contribution in [0.1, 0.15) is 19.4 Å². The van der Waals surface area contributed by atoms with Crippen LogP contribution in [-0.4, -0.2) is 18.5 Å². The van der Waals surface area contributed by atoms with Crippen molar-refractivity contribution < 1.29 is 19.1 Å². The third kappa shape index (κ3) is 4.71. The summed E-state index contributed by atoms with van der Waals surface area (Å²) in [6, 6.07) is 18.5. The zero-order valence-electron chi connectivity index (χ0n) is 13.6. The van der Waals surface area contributed by atoms with E-state index in [4.69, 9.17) is 9.47 Å². The maximum Gasteiger partial charge on any atom is 0.376 e. The molecule has 5 nitrogen and oxygen atoms in total. The number of ether oxygens (including phenoxy) is 2. The molecule has 0 aliphatic rings. The highest BCUT2D eigenvalue weighted by molar-refractivity contribution is 6.00. The highest BCUT2D eigenvalue weighted by Crippen LogP contribution is 2.23. The molecule has 0 atom stereocenters. The van der Waals surface area contributed by atoms with Gasteiger partial charge in [-0.2, -0.15) is 0 Å². The molecule has 0 radical (unpaired) electrons. The van der Waals surface area contributed by atoms with Crippen LogP contribution in [0.5, 0.6) is 0 Å². The van der Waals surface area contributed by atoms with E-state index in [0.29, 0.717) is 11.3 Å². The summed E-state index contributed by atoms with van der Waals surface area (Å²) < 4.78 is 10.2. The van der Waals surface area contributed by atoms with Crippen molar-refractivity contribution in [2.75, 3.05) is 11.9 Å². The number of esters is 2. The van der Waals surface area contributed by atoms with Gasteiger partial charge in [-0.25, -0.2) is 4.79 Å². The second-order valence-corrected chi connectivity index (χ2v) is 4.88. The van der Waals surface area contributed by atoms with Gasteiger partial charge in [0.25, 0.3) is 0 Å². The monoisotopic (exact) mass is 325 g/mol. The number of hydrogen-bond acceptors (Lipinski definition) is 5.